The van der Waals surface area contributed by atoms with Crippen molar-refractivity contribution in [3.05, 3.63) is 17.7 Å². The lowest BCUT2D eigenvalue weighted by Crippen LogP contribution is -2.07. The summed E-state index contributed by atoms with van der Waals surface area (Å²) in [5.41, 5.74) is 6.41. The molecular formula is C13H20ClF2NO3. The van der Waals surface area contributed by atoms with Gasteiger partial charge in [-0.15, -0.1) is 12.4 Å². The second-order valence-electron chi connectivity index (χ2n) is 3.88. The minimum atomic E-state index is -2.38. The van der Waals surface area contributed by atoms with E-state index in [2.05, 4.69) is 0 Å². The Kier molecular flexibility index (Phi) is 9.00. The fraction of sp³-hybridized carbons (Fsp3) is 0.538. The third-order valence-corrected chi connectivity index (χ3v) is 2.57. The largest absolute Gasteiger partial charge is 0.496 e. The van der Waals surface area contributed by atoms with Crippen molar-refractivity contribution in [1.82, 2.24) is 0 Å². The first-order valence-corrected chi connectivity index (χ1v) is 5.98. The van der Waals surface area contributed by atoms with Crippen molar-refractivity contribution in [3.63, 3.8) is 0 Å². The number of hydrogen-bond donors (Lipinski definition) is 1. The van der Waals surface area contributed by atoms with Crippen LogP contribution >= 0.6 is 12.4 Å². The summed E-state index contributed by atoms with van der Waals surface area (Å²) in [6, 6.07) is 3.39. The summed E-state index contributed by atoms with van der Waals surface area (Å²) in [6.45, 7) is 0.401. The summed E-state index contributed by atoms with van der Waals surface area (Å²) in [5, 5.41) is 0. The van der Waals surface area contributed by atoms with Crippen molar-refractivity contribution >= 4 is 12.4 Å². The van der Waals surface area contributed by atoms with Crippen molar-refractivity contribution in [2.75, 3.05) is 27.4 Å². The fourth-order valence-corrected chi connectivity index (χ4v) is 1.65. The first-order chi connectivity index (χ1) is 9.12. The van der Waals surface area contributed by atoms with E-state index in [1.165, 1.54) is 14.2 Å². The standard InChI is InChI=1S/C13H19F2NO3.ClH/c1-17-10-8-12(19-6-4-13(14)15)11(18-2)7-9(10)3-5-16;/h7-8,13H,3-6,16H2,1-2H3;1H. The van der Waals surface area contributed by atoms with Crippen LogP contribution in [0.5, 0.6) is 17.2 Å². The Bertz CT molecular complexity index is 405. The zero-order chi connectivity index (χ0) is 14.3. The second kappa shape index (κ2) is 9.61. The lowest BCUT2D eigenvalue weighted by Gasteiger charge is -2.15. The molecule has 0 aliphatic heterocycles. The van der Waals surface area contributed by atoms with Crippen LogP contribution in [0.1, 0.15) is 12.0 Å². The van der Waals surface area contributed by atoms with E-state index in [1.54, 1.807) is 12.1 Å². The summed E-state index contributed by atoms with van der Waals surface area (Å²) in [7, 11) is 3.03. The molecule has 7 heteroatoms. The third-order valence-electron chi connectivity index (χ3n) is 2.57. The van der Waals surface area contributed by atoms with Gasteiger partial charge in [0.25, 0.3) is 0 Å². The molecule has 4 nitrogen and oxygen atoms in total. The van der Waals surface area contributed by atoms with Gasteiger partial charge in [0, 0.05) is 12.5 Å². The van der Waals surface area contributed by atoms with Crippen molar-refractivity contribution in [2.45, 2.75) is 19.3 Å². The molecule has 20 heavy (non-hydrogen) atoms. The zero-order valence-electron chi connectivity index (χ0n) is 11.5. The highest BCUT2D eigenvalue weighted by Gasteiger charge is 2.12. The lowest BCUT2D eigenvalue weighted by molar-refractivity contribution is 0.113. The number of alkyl halides is 2. The summed E-state index contributed by atoms with van der Waals surface area (Å²) in [6.07, 6.45) is -2.07. The van der Waals surface area contributed by atoms with Crippen LogP contribution in [0.3, 0.4) is 0 Å². The molecule has 0 aliphatic rings. The molecule has 0 bridgehead atoms. The van der Waals surface area contributed by atoms with Gasteiger partial charge in [-0.05, 0) is 24.6 Å². The molecule has 116 valence electrons. The van der Waals surface area contributed by atoms with Gasteiger partial charge in [0.2, 0.25) is 6.43 Å². The van der Waals surface area contributed by atoms with Crippen LogP contribution in [0.15, 0.2) is 12.1 Å². The summed E-state index contributed by atoms with van der Waals surface area (Å²) in [5.74, 6) is 1.48. The molecule has 0 heterocycles. The van der Waals surface area contributed by atoms with Crippen molar-refractivity contribution in [2.24, 2.45) is 5.73 Å². The molecule has 0 fully saturated rings. The van der Waals surface area contributed by atoms with Crippen molar-refractivity contribution < 1.29 is 23.0 Å². The van der Waals surface area contributed by atoms with Crippen LogP contribution < -0.4 is 19.9 Å². The van der Waals surface area contributed by atoms with Crippen LogP contribution in [0.25, 0.3) is 0 Å². The maximum Gasteiger partial charge on any atom is 0.241 e. The first kappa shape index (κ1) is 18.7. The second-order valence-corrected chi connectivity index (χ2v) is 3.88. The Morgan fingerprint density at radius 3 is 2.25 bits per heavy atom. The Hall–Kier alpha value is -1.27. The Morgan fingerprint density at radius 2 is 1.75 bits per heavy atom. The maximum absolute atomic E-state index is 12.1. The van der Waals surface area contributed by atoms with Crippen molar-refractivity contribution in [1.29, 1.82) is 0 Å². The fourth-order valence-electron chi connectivity index (χ4n) is 1.65. The monoisotopic (exact) mass is 311 g/mol. The van der Waals surface area contributed by atoms with Gasteiger partial charge in [-0.25, -0.2) is 8.78 Å². The van der Waals surface area contributed by atoms with Gasteiger partial charge < -0.3 is 19.9 Å². The number of benzene rings is 1. The normalized spacial score (nSPS) is 10.1. The highest BCUT2D eigenvalue weighted by Crippen LogP contribution is 2.35. The molecule has 0 unspecified atom stereocenters. The summed E-state index contributed by atoms with van der Waals surface area (Å²) < 4.78 is 39.9. The number of rotatable bonds is 8. The van der Waals surface area contributed by atoms with Gasteiger partial charge >= 0.3 is 0 Å². The minimum absolute atomic E-state index is 0. The van der Waals surface area contributed by atoms with Crippen LogP contribution in [-0.4, -0.2) is 33.8 Å². The Morgan fingerprint density at radius 1 is 1.10 bits per heavy atom. The van der Waals surface area contributed by atoms with Gasteiger partial charge in [-0.2, -0.15) is 0 Å². The molecule has 0 saturated heterocycles. The summed E-state index contributed by atoms with van der Waals surface area (Å²) in [4.78, 5) is 0. The highest BCUT2D eigenvalue weighted by molar-refractivity contribution is 5.85. The Labute approximate surface area is 123 Å². The van der Waals surface area contributed by atoms with Gasteiger partial charge in [-0.1, -0.05) is 0 Å². The van der Waals surface area contributed by atoms with Gasteiger partial charge in [0.1, 0.15) is 5.75 Å². The van der Waals surface area contributed by atoms with Gasteiger partial charge in [0.15, 0.2) is 11.5 Å². The first-order valence-electron chi connectivity index (χ1n) is 5.98. The van der Waals surface area contributed by atoms with Gasteiger partial charge in [-0.3, -0.25) is 0 Å². The molecule has 1 aromatic rings. The van der Waals surface area contributed by atoms with E-state index >= 15 is 0 Å². The predicted octanol–water partition coefficient (Wildman–Crippen LogP) is 2.66. The molecule has 1 aromatic carbocycles. The lowest BCUT2D eigenvalue weighted by atomic mass is 10.1. The van der Waals surface area contributed by atoms with E-state index in [0.717, 1.165) is 5.56 Å². The number of halogens is 3. The average Bonchev–Trinajstić information content (AvgIpc) is 2.39. The molecule has 0 aliphatic carbocycles. The van der Waals surface area contributed by atoms with E-state index in [9.17, 15) is 8.78 Å². The molecule has 0 amide bonds. The van der Waals surface area contributed by atoms with Crippen LogP contribution in [-0.2, 0) is 6.42 Å². The Balaban J connectivity index is 0.00000361. The quantitative estimate of drug-likeness (QED) is 0.802. The van der Waals surface area contributed by atoms with E-state index in [4.69, 9.17) is 19.9 Å². The molecule has 2 N–H and O–H groups in total. The number of hydrogen-bond acceptors (Lipinski definition) is 4. The van der Waals surface area contributed by atoms with E-state index in [1.807, 2.05) is 0 Å². The van der Waals surface area contributed by atoms with Crippen molar-refractivity contribution in [3.8, 4) is 17.2 Å². The van der Waals surface area contributed by atoms with Crippen LogP contribution in [0.4, 0.5) is 8.78 Å². The van der Waals surface area contributed by atoms with E-state index < -0.39 is 6.43 Å². The molecule has 0 saturated carbocycles. The SMILES string of the molecule is COc1cc(OCCC(F)F)c(OC)cc1CCN.Cl. The molecule has 0 atom stereocenters. The molecular weight excluding hydrogens is 292 g/mol. The van der Waals surface area contributed by atoms with E-state index in [-0.39, 0.29) is 25.4 Å². The van der Waals surface area contributed by atoms with Gasteiger partial charge in [0.05, 0.1) is 20.8 Å². The predicted molar refractivity (Wildman–Crippen MR) is 75.7 cm³/mol. The van der Waals surface area contributed by atoms with Crippen LogP contribution in [0.2, 0.25) is 0 Å². The van der Waals surface area contributed by atoms with Crippen LogP contribution in [0, 0.1) is 0 Å². The molecule has 1 rings (SSSR count). The number of methoxy groups -OCH3 is 2. The molecule has 0 radical (unpaired) electrons. The third kappa shape index (κ3) is 5.38. The highest BCUT2D eigenvalue weighted by atomic mass is 35.5. The zero-order valence-corrected chi connectivity index (χ0v) is 12.3. The molecule has 0 spiro atoms. The number of nitrogens with two attached hydrogens (primary N) is 1. The van der Waals surface area contributed by atoms with E-state index in [0.29, 0.717) is 30.2 Å². The maximum atomic E-state index is 12.1. The average molecular weight is 312 g/mol. The number of ether oxygens (including phenoxy) is 3. The molecule has 0 aromatic heterocycles. The topological polar surface area (TPSA) is 53.7 Å². The minimum Gasteiger partial charge on any atom is -0.496 e. The summed E-state index contributed by atoms with van der Waals surface area (Å²) >= 11 is 0. The smallest absolute Gasteiger partial charge is 0.241 e.